The minimum Gasteiger partial charge on any atom is -0.0776 e. The van der Waals surface area contributed by atoms with Crippen LogP contribution in [0.25, 0.3) is 11.1 Å². The highest BCUT2D eigenvalue weighted by molar-refractivity contribution is 9.10. The van der Waals surface area contributed by atoms with Crippen LogP contribution >= 0.6 is 31.9 Å². The van der Waals surface area contributed by atoms with Gasteiger partial charge in [0.2, 0.25) is 0 Å². The van der Waals surface area contributed by atoms with Crippen molar-refractivity contribution in [2.45, 2.75) is 20.3 Å². The molecule has 0 saturated carbocycles. The van der Waals surface area contributed by atoms with Crippen LogP contribution in [0.4, 0.5) is 0 Å². The predicted octanol–water partition coefficient (Wildman–Crippen LogP) is 8.96. The van der Waals surface area contributed by atoms with Crippen LogP contribution in [0.15, 0.2) is 106 Å². The van der Waals surface area contributed by atoms with Crippen LogP contribution < -0.4 is 0 Å². The maximum Gasteiger partial charge on any atom is 0.0391 e. The summed E-state index contributed by atoms with van der Waals surface area (Å²) < 4.78 is 2.05. The summed E-state index contributed by atoms with van der Waals surface area (Å²) in [6.07, 6.45) is 2.26. The Balaban J connectivity index is 0.000000152. The fourth-order valence-electron chi connectivity index (χ4n) is 4.31. The molecular weight excluding hydrogens is 532 g/mol. The molecule has 4 aromatic carbocycles. The van der Waals surface area contributed by atoms with E-state index in [0.29, 0.717) is 0 Å². The molecular formula is C31H24Br2. The monoisotopic (exact) mass is 554 g/mol. The molecule has 0 heterocycles. The zero-order valence-electron chi connectivity index (χ0n) is 17.4. The Kier molecular flexibility index (Phi) is 7.33. The van der Waals surface area contributed by atoms with E-state index in [2.05, 4.69) is 92.2 Å². The van der Waals surface area contributed by atoms with Gasteiger partial charge < -0.3 is 0 Å². The number of halogens is 2. The summed E-state index contributed by atoms with van der Waals surface area (Å²) in [4.78, 5) is 0. The summed E-state index contributed by atoms with van der Waals surface area (Å²) >= 11 is 6.95. The SMILES string of the molecule is Brc1ccccc1C#Cc1ccccc1Br.C.c1ccc2c(c1)CC1=C2Cc2ccccc21. The van der Waals surface area contributed by atoms with E-state index in [1.807, 2.05) is 48.5 Å². The number of benzene rings is 4. The summed E-state index contributed by atoms with van der Waals surface area (Å²) in [6.45, 7) is 0. The van der Waals surface area contributed by atoms with Crippen LogP contribution in [-0.2, 0) is 12.8 Å². The zero-order valence-corrected chi connectivity index (χ0v) is 20.6. The van der Waals surface area contributed by atoms with Gasteiger partial charge >= 0.3 is 0 Å². The first-order valence-corrected chi connectivity index (χ1v) is 12.2. The Labute approximate surface area is 213 Å². The molecule has 0 saturated heterocycles. The van der Waals surface area contributed by atoms with Crippen molar-refractivity contribution in [1.82, 2.24) is 0 Å². The van der Waals surface area contributed by atoms with Gasteiger partial charge in [-0.05, 0) is 102 Å². The lowest BCUT2D eigenvalue weighted by Gasteiger charge is -2.05. The number of hydrogen-bond acceptors (Lipinski definition) is 0. The Morgan fingerprint density at radius 3 is 1.27 bits per heavy atom. The van der Waals surface area contributed by atoms with E-state index in [1.165, 1.54) is 22.3 Å². The Hall–Kier alpha value is -2.86. The van der Waals surface area contributed by atoms with Crippen LogP contribution in [0.3, 0.4) is 0 Å². The van der Waals surface area contributed by atoms with E-state index >= 15 is 0 Å². The molecule has 0 N–H and O–H groups in total. The smallest absolute Gasteiger partial charge is 0.0391 e. The van der Waals surface area contributed by atoms with Crippen molar-refractivity contribution in [3.8, 4) is 11.8 Å². The fourth-order valence-corrected chi connectivity index (χ4v) is 5.08. The Morgan fingerprint density at radius 2 is 0.848 bits per heavy atom. The molecule has 0 amide bonds. The lowest BCUT2D eigenvalue weighted by molar-refractivity contribution is 1.26. The first-order valence-electron chi connectivity index (χ1n) is 10.6. The van der Waals surface area contributed by atoms with Crippen molar-refractivity contribution in [3.05, 3.63) is 139 Å². The third-order valence-electron chi connectivity index (χ3n) is 5.86. The van der Waals surface area contributed by atoms with Gasteiger partial charge in [0, 0.05) is 20.1 Å². The van der Waals surface area contributed by atoms with Gasteiger partial charge in [0.1, 0.15) is 0 Å². The Morgan fingerprint density at radius 1 is 0.485 bits per heavy atom. The normalized spacial score (nSPS) is 12.3. The molecule has 2 aliphatic rings. The third kappa shape index (κ3) is 4.91. The molecule has 0 atom stereocenters. The summed E-state index contributed by atoms with van der Waals surface area (Å²) in [5.41, 5.74) is 11.1. The number of hydrogen-bond donors (Lipinski definition) is 0. The third-order valence-corrected chi connectivity index (χ3v) is 7.25. The topological polar surface area (TPSA) is 0 Å². The van der Waals surface area contributed by atoms with E-state index < -0.39 is 0 Å². The maximum atomic E-state index is 3.47. The first kappa shape index (κ1) is 23.3. The number of allylic oxidation sites excluding steroid dienone is 2. The fraction of sp³-hybridized carbons (Fsp3) is 0.0968. The second-order valence-electron chi connectivity index (χ2n) is 7.83. The minimum absolute atomic E-state index is 0. The lowest BCUT2D eigenvalue weighted by Crippen LogP contribution is -1.90. The van der Waals surface area contributed by atoms with Gasteiger partial charge in [-0.15, -0.1) is 0 Å². The minimum atomic E-state index is 0. The van der Waals surface area contributed by atoms with Crippen molar-refractivity contribution >= 4 is 43.0 Å². The molecule has 0 nitrogen and oxygen atoms in total. The van der Waals surface area contributed by atoms with Gasteiger partial charge in [-0.2, -0.15) is 0 Å². The molecule has 0 bridgehead atoms. The molecule has 0 aliphatic heterocycles. The van der Waals surface area contributed by atoms with Gasteiger partial charge in [-0.3, -0.25) is 0 Å². The Bertz CT molecular complexity index is 1290. The summed E-state index contributed by atoms with van der Waals surface area (Å²) in [7, 11) is 0. The lowest BCUT2D eigenvalue weighted by atomic mass is 9.99. The standard InChI is InChI=1S/C16H12.C14H8Br2.CH4/c1-3-7-13-11(5-1)9-15-14-8-4-2-6-12(14)10-16(13)15;15-13-7-3-1-5-11(13)9-10-12-6-2-4-8-14(12)16;/h1-8H,9-10H2;1-8H;1H4. The molecule has 4 aromatic rings. The molecule has 2 aliphatic carbocycles. The van der Waals surface area contributed by atoms with Crippen molar-refractivity contribution < 1.29 is 0 Å². The van der Waals surface area contributed by atoms with Crippen LogP contribution in [-0.4, -0.2) is 0 Å². The van der Waals surface area contributed by atoms with E-state index in [0.717, 1.165) is 32.9 Å². The van der Waals surface area contributed by atoms with Crippen LogP contribution in [0.2, 0.25) is 0 Å². The molecule has 6 rings (SSSR count). The molecule has 0 radical (unpaired) electrons. The van der Waals surface area contributed by atoms with E-state index in [9.17, 15) is 0 Å². The highest BCUT2D eigenvalue weighted by Crippen LogP contribution is 2.45. The summed E-state index contributed by atoms with van der Waals surface area (Å²) in [6, 6.07) is 33.5. The van der Waals surface area contributed by atoms with Crippen molar-refractivity contribution in [1.29, 1.82) is 0 Å². The molecule has 2 heteroatoms. The summed E-state index contributed by atoms with van der Waals surface area (Å²) in [5.74, 6) is 6.29. The maximum absolute atomic E-state index is 3.47. The zero-order chi connectivity index (χ0) is 21.9. The highest BCUT2D eigenvalue weighted by Gasteiger charge is 2.28. The quantitative estimate of drug-likeness (QED) is 0.190. The van der Waals surface area contributed by atoms with Gasteiger partial charge in [-0.1, -0.05) is 92.1 Å². The first-order chi connectivity index (χ1) is 15.7. The second kappa shape index (κ2) is 10.4. The highest BCUT2D eigenvalue weighted by atomic mass is 79.9. The average molecular weight is 556 g/mol. The van der Waals surface area contributed by atoms with Crippen molar-refractivity contribution in [2.75, 3.05) is 0 Å². The van der Waals surface area contributed by atoms with E-state index in [4.69, 9.17) is 0 Å². The molecule has 0 unspecified atom stereocenters. The van der Waals surface area contributed by atoms with Crippen LogP contribution in [0, 0.1) is 11.8 Å². The molecule has 0 spiro atoms. The predicted molar refractivity (Wildman–Crippen MR) is 148 cm³/mol. The second-order valence-corrected chi connectivity index (χ2v) is 9.54. The van der Waals surface area contributed by atoms with Gasteiger partial charge in [0.15, 0.2) is 0 Å². The molecule has 0 fully saturated rings. The molecule has 162 valence electrons. The van der Waals surface area contributed by atoms with Crippen molar-refractivity contribution in [2.24, 2.45) is 0 Å². The van der Waals surface area contributed by atoms with E-state index in [1.54, 1.807) is 11.1 Å². The average Bonchev–Trinajstić information content (AvgIpc) is 3.36. The number of rotatable bonds is 0. The van der Waals surface area contributed by atoms with Gasteiger partial charge in [0.05, 0.1) is 0 Å². The van der Waals surface area contributed by atoms with Gasteiger partial charge in [-0.25, -0.2) is 0 Å². The summed E-state index contributed by atoms with van der Waals surface area (Å²) in [5, 5.41) is 0. The largest absolute Gasteiger partial charge is 0.0776 e. The van der Waals surface area contributed by atoms with Crippen LogP contribution in [0.1, 0.15) is 40.8 Å². The number of fused-ring (bicyclic) bond motifs is 4. The molecule has 33 heavy (non-hydrogen) atoms. The van der Waals surface area contributed by atoms with Gasteiger partial charge in [0.25, 0.3) is 0 Å². The van der Waals surface area contributed by atoms with Crippen LogP contribution in [0.5, 0.6) is 0 Å². The molecule has 0 aromatic heterocycles. The van der Waals surface area contributed by atoms with E-state index in [-0.39, 0.29) is 7.43 Å². The van der Waals surface area contributed by atoms with Crippen molar-refractivity contribution in [3.63, 3.8) is 0 Å².